The van der Waals surface area contributed by atoms with Gasteiger partial charge in [-0.05, 0) is 47.2 Å². The quantitative estimate of drug-likeness (QED) is 0.742. The summed E-state index contributed by atoms with van der Waals surface area (Å²) in [6.45, 7) is 0. The molecule has 1 nitrogen and oxygen atoms in total. The minimum Gasteiger partial charge on any atom is -0.290 e. The first-order valence-corrected chi connectivity index (χ1v) is 6.58. The van der Waals surface area contributed by atoms with Gasteiger partial charge < -0.3 is 0 Å². The monoisotopic (exact) mass is 246 g/mol. The van der Waals surface area contributed by atoms with E-state index < -0.39 is 0 Å². The number of thiophene rings is 2. The highest BCUT2D eigenvalue weighted by Crippen LogP contribution is 2.12. The minimum atomic E-state index is 0.0156. The van der Waals surface area contributed by atoms with Gasteiger partial charge in [0.25, 0.3) is 0 Å². The van der Waals surface area contributed by atoms with Crippen LogP contribution in [0, 0.1) is 0 Å². The second-order valence-electron chi connectivity index (χ2n) is 3.10. The first-order chi connectivity index (χ1) is 7.84. The Bertz CT molecular complexity index is 444. The van der Waals surface area contributed by atoms with Crippen LogP contribution in [0.3, 0.4) is 0 Å². The highest BCUT2D eigenvalue weighted by atomic mass is 32.1. The standard InChI is InChI=1S/C13H10OS2/c14-11(5-7-12-3-1-9-15-12)6-8-13-4-2-10-16-13/h1-10H/b7-5-,8-6-. The molecule has 0 bridgehead atoms. The molecule has 80 valence electrons. The zero-order valence-corrected chi connectivity index (χ0v) is 10.1. The van der Waals surface area contributed by atoms with E-state index in [0.29, 0.717) is 0 Å². The average molecular weight is 246 g/mol. The predicted molar refractivity (Wildman–Crippen MR) is 71.7 cm³/mol. The van der Waals surface area contributed by atoms with Gasteiger partial charge in [0.1, 0.15) is 0 Å². The van der Waals surface area contributed by atoms with Crippen LogP contribution < -0.4 is 0 Å². The third kappa shape index (κ3) is 3.29. The van der Waals surface area contributed by atoms with Crippen molar-refractivity contribution in [2.24, 2.45) is 0 Å². The molecule has 2 heterocycles. The second kappa shape index (κ2) is 5.58. The van der Waals surface area contributed by atoms with Gasteiger partial charge in [-0.15, -0.1) is 22.7 Å². The Hall–Kier alpha value is -1.45. The van der Waals surface area contributed by atoms with Crippen LogP contribution in [-0.2, 0) is 4.79 Å². The molecule has 0 radical (unpaired) electrons. The highest BCUT2D eigenvalue weighted by Gasteiger charge is 1.91. The lowest BCUT2D eigenvalue weighted by Crippen LogP contribution is -1.83. The van der Waals surface area contributed by atoms with Crippen LogP contribution in [-0.4, -0.2) is 5.78 Å². The smallest absolute Gasteiger partial charge is 0.178 e. The van der Waals surface area contributed by atoms with Crippen molar-refractivity contribution < 1.29 is 4.79 Å². The van der Waals surface area contributed by atoms with E-state index >= 15 is 0 Å². The molecular formula is C13H10OS2. The van der Waals surface area contributed by atoms with E-state index in [4.69, 9.17) is 0 Å². The summed E-state index contributed by atoms with van der Waals surface area (Å²) in [7, 11) is 0. The second-order valence-corrected chi connectivity index (χ2v) is 5.06. The molecule has 0 fully saturated rings. The van der Waals surface area contributed by atoms with Crippen LogP contribution in [0.5, 0.6) is 0 Å². The topological polar surface area (TPSA) is 17.1 Å². The zero-order valence-electron chi connectivity index (χ0n) is 8.50. The number of ketones is 1. The summed E-state index contributed by atoms with van der Waals surface area (Å²) in [6, 6.07) is 7.90. The third-order valence-corrected chi connectivity index (χ3v) is 3.59. The molecule has 0 saturated carbocycles. The Morgan fingerprint density at radius 3 is 1.81 bits per heavy atom. The van der Waals surface area contributed by atoms with Crippen LogP contribution in [0.15, 0.2) is 47.2 Å². The molecule has 0 aliphatic heterocycles. The zero-order chi connectivity index (χ0) is 11.2. The van der Waals surface area contributed by atoms with Crippen molar-refractivity contribution >= 4 is 40.6 Å². The van der Waals surface area contributed by atoms with Crippen LogP contribution in [0.4, 0.5) is 0 Å². The van der Waals surface area contributed by atoms with Gasteiger partial charge in [-0.2, -0.15) is 0 Å². The Morgan fingerprint density at radius 1 is 0.938 bits per heavy atom. The molecule has 2 aromatic rings. The highest BCUT2D eigenvalue weighted by molar-refractivity contribution is 7.11. The largest absolute Gasteiger partial charge is 0.290 e. The number of hydrogen-bond acceptors (Lipinski definition) is 3. The molecule has 0 amide bonds. The third-order valence-electron chi connectivity index (χ3n) is 1.91. The molecule has 0 saturated heterocycles. The lowest BCUT2D eigenvalue weighted by atomic mass is 10.3. The molecule has 3 heteroatoms. The summed E-state index contributed by atoms with van der Waals surface area (Å²) < 4.78 is 0. The first-order valence-electron chi connectivity index (χ1n) is 4.82. The van der Waals surface area contributed by atoms with Gasteiger partial charge in [-0.1, -0.05) is 12.1 Å². The molecular weight excluding hydrogens is 236 g/mol. The summed E-state index contributed by atoms with van der Waals surface area (Å²) in [5.41, 5.74) is 0. The SMILES string of the molecule is O=C(/C=C\c1cccs1)/C=C\c1cccs1. The maximum Gasteiger partial charge on any atom is 0.178 e. The first kappa shape index (κ1) is 11.0. The molecule has 0 spiro atoms. The van der Waals surface area contributed by atoms with Gasteiger partial charge in [0.2, 0.25) is 0 Å². The van der Waals surface area contributed by atoms with Gasteiger partial charge in [-0.3, -0.25) is 4.79 Å². The summed E-state index contributed by atoms with van der Waals surface area (Å²) >= 11 is 3.24. The van der Waals surface area contributed by atoms with Gasteiger partial charge >= 0.3 is 0 Å². The van der Waals surface area contributed by atoms with Crippen molar-refractivity contribution in [1.29, 1.82) is 0 Å². The number of carbonyl (C=O) groups excluding carboxylic acids is 1. The summed E-state index contributed by atoms with van der Waals surface area (Å²) in [5.74, 6) is 0.0156. The molecule has 2 aromatic heterocycles. The van der Waals surface area contributed by atoms with Gasteiger partial charge in [0.15, 0.2) is 5.78 Å². The Kier molecular flexibility index (Phi) is 3.86. The van der Waals surface area contributed by atoms with Crippen molar-refractivity contribution in [3.63, 3.8) is 0 Å². The summed E-state index contributed by atoms with van der Waals surface area (Å²) in [6.07, 6.45) is 6.86. The van der Waals surface area contributed by atoms with Gasteiger partial charge in [-0.25, -0.2) is 0 Å². The number of allylic oxidation sites excluding steroid dienone is 2. The maximum atomic E-state index is 11.5. The van der Waals surface area contributed by atoms with Gasteiger partial charge in [0.05, 0.1) is 0 Å². The van der Waals surface area contributed by atoms with Crippen molar-refractivity contribution in [1.82, 2.24) is 0 Å². The van der Waals surface area contributed by atoms with E-state index in [0.717, 1.165) is 9.75 Å². The van der Waals surface area contributed by atoms with Crippen molar-refractivity contribution in [3.8, 4) is 0 Å². The lowest BCUT2D eigenvalue weighted by Gasteiger charge is -1.84. The number of rotatable bonds is 4. The molecule has 0 aliphatic carbocycles. The Balaban J connectivity index is 1.94. The molecule has 0 unspecified atom stereocenters. The van der Waals surface area contributed by atoms with Crippen molar-refractivity contribution in [3.05, 3.63) is 56.9 Å². The van der Waals surface area contributed by atoms with E-state index in [9.17, 15) is 4.79 Å². The molecule has 0 aromatic carbocycles. The Labute approximate surface area is 102 Å². The number of carbonyl (C=O) groups is 1. The lowest BCUT2D eigenvalue weighted by molar-refractivity contribution is -0.110. The van der Waals surface area contributed by atoms with Crippen LogP contribution in [0.25, 0.3) is 12.2 Å². The van der Waals surface area contributed by atoms with Crippen LogP contribution in [0.1, 0.15) is 9.75 Å². The van der Waals surface area contributed by atoms with E-state index in [1.165, 1.54) is 0 Å². The van der Waals surface area contributed by atoms with Crippen molar-refractivity contribution in [2.75, 3.05) is 0 Å². The fraction of sp³-hybridized carbons (Fsp3) is 0. The maximum absolute atomic E-state index is 11.5. The molecule has 0 aliphatic rings. The summed E-state index contributed by atoms with van der Waals surface area (Å²) in [4.78, 5) is 13.7. The van der Waals surface area contributed by atoms with Crippen molar-refractivity contribution in [2.45, 2.75) is 0 Å². The molecule has 0 atom stereocenters. The molecule has 16 heavy (non-hydrogen) atoms. The summed E-state index contributed by atoms with van der Waals surface area (Å²) in [5, 5.41) is 3.98. The van der Waals surface area contributed by atoms with E-state index in [1.54, 1.807) is 34.8 Å². The molecule has 0 N–H and O–H groups in total. The fourth-order valence-corrected chi connectivity index (χ4v) is 2.39. The van der Waals surface area contributed by atoms with E-state index in [2.05, 4.69) is 0 Å². The number of hydrogen-bond donors (Lipinski definition) is 0. The minimum absolute atomic E-state index is 0.0156. The van der Waals surface area contributed by atoms with Crippen LogP contribution >= 0.6 is 22.7 Å². The normalized spacial score (nSPS) is 11.5. The van der Waals surface area contributed by atoms with Gasteiger partial charge in [0, 0.05) is 9.75 Å². The predicted octanol–water partition coefficient (Wildman–Crippen LogP) is 4.11. The fourth-order valence-electron chi connectivity index (χ4n) is 1.16. The van der Waals surface area contributed by atoms with Crippen LogP contribution in [0.2, 0.25) is 0 Å². The Morgan fingerprint density at radius 2 is 1.44 bits per heavy atom. The average Bonchev–Trinajstić information content (AvgIpc) is 2.96. The van der Waals surface area contributed by atoms with E-state index in [-0.39, 0.29) is 5.78 Å². The van der Waals surface area contributed by atoms with E-state index in [1.807, 2.05) is 47.2 Å². The molecule has 2 rings (SSSR count).